The summed E-state index contributed by atoms with van der Waals surface area (Å²) in [6.45, 7) is 1.90. The van der Waals surface area contributed by atoms with Crippen molar-refractivity contribution >= 4 is 17.2 Å². The zero-order valence-corrected chi connectivity index (χ0v) is 10.6. The number of carbonyl (C=O) groups is 1. The number of aromatic nitrogens is 1. The molecule has 0 radical (unpaired) electrons. The molecule has 1 aromatic rings. The molecule has 1 unspecified atom stereocenters. The normalized spacial score (nSPS) is 19.5. The summed E-state index contributed by atoms with van der Waals surface area (Å²) in [5.41, 5.74) is -0.800. The van der Waals surface area contributed by atoms with E-state index in [0.29, 0.717) is 12.8 Å². The average Bonchev–Trinajstić information content (AvgIpc) is 3.01. The van der Waals surface area contributed by atoms with Crippen molar-refractivity contribution in [2.24, 2.45) is 5.41 Å². The number of rotatable bonds is 3. The smallest absolute Gasteiger partial charge is 0.241 e. The van der Waals surface area contributed by atoms with E-state index in [1.165, 1.54) is 11.3 Å². The Kier molecular flexibility index (Phi) is 3.43. The van der Waals surface area contributed by atoms with E-state index in [0.717, 1.165) is 17.8 Å². The van der Waals surface area contributed by atoms with Crippen molar-refractivity contribution in [2.45, 2.75) is 38.6 Å². The van der Waals surface area contributed by atoms with Crippen molar-refractivity contribution in [2.75, 3.05) is 0 Å². The number of nitrogens with one attached hydrogen (secondary N) is 1. The highest BCUT2D eigenvalue weighted by Gasteiger charge is 2.42. The van der Waals surface area contributed by atoms with Gasteiger partial charge in [-0.3, -0.25) is 4.79 Å². The van der Waals surface area contributed by atoms with Gasteiger partial charge in [0.1, 0.15) is 10.4 Å². The Morgan fingerprint density at radius 2 is 2.35 bits per heavy atom. The molecule has 1 aliphatic carbocycles. The summed E-state index contributed by atoms with van der Waals surface area (Å²) in [4.78, 5) is 16.3. The summed E-state index contributed by atoms with van der Waals surface area (Å²) in [5.74, 6) is -0.139. The van der Waals surface area contributed by atoms with Crippen LogP contribution in [0.4, 0.5) is 0 Å². The lowest BCUT2D eigenvalue weighted by Gasteiger charge is -2.21. The van der Waals surface area contributed by atoms with Crippen LogP contribution in [-0.2, 0) is 4.79 Å². The predicted octanol–water partition coefficient (Wildman–Crippen LogP) is 2.40. The Morgan fingerprint density at radius 3 is 2.88 bits per heavy atom. The molecule has 17 heavy (non-hydrogen) atoms. The molecule has 1 atom stereocenters. The van der Waals surface area contributed by atoms with Gasteiger partial charge in [0.05, 0.1) is 12.1 Å². The van der Waals surface area contributed by atoms with Crippen molar-refractivity contribution in [3.05, 3.63) is 16.6 Å². The monoisotopic (exact) mass is 249 g/mol. The number of nitrogens with zero attached hydrogens (tertiary/aromatic N) is 2. The number of nitriles is 1. The van der Waals surface area contributed by atoms with Crippen LogP contribution in [0.1, 0.15) is 43.7 Å². The minimum absolute atomic E-state index is 0.117. The summed E-state index contributed by atoms with van der Waals surface area (Å²) in [7, 11) is 0. The fourth-order valence-corrected chi connectivity index (χ4v) is 2.86. The van der Waals surface area contributed by atoms with Gasteiger partial charge >= 0.3 is 0 Å². The van der Waals surface area contributed by atoms with Gasteiger partial charge in [-0.25, -0.2) is 4.98 Å². The minimum atomic E-state index is -0.800. The molecule has 1 N–H and O–H groups in total. The van der Waals surface area contributed by atoms with Gasteiger partial charge in [-0.15, -0.1) is 11.3 Å². The second-order valence-electron chi connectivity index (χ2n) is 4.47. The quantitative estimate of drug-likeness (QED) is 0.894. The van der Waals surface area contributed by atoms with Gasteiger partial charge in [0.2, 0.25) is 5.91 Å². The molecule has 0 spiro atoms. The lowest BCUT2D eigenvalue weighted by atomic mass is 9.87. The Morgan fingerprint density at radius 1 is 1.65 bits per heavy atom. The molecular formula is C12H15N3OS. The lowest BCUT2D eigenvalue weighted by molar-refractivity contribution is -0.128. The first-order valence-electron chi connectivity index (χ1n) is 5.79. The maximum Gasteiger partial charge on any atom is 0.241 e. The Bertz CT molecular complexity index is 429. The van der Waals surface area contributed by atoms with Gasteiger partial charge in [-0.2, -0.15) is 5.26 Å². The number of hydrogen-bond acceptors (Lipinski definition) is 4. The summed E-state index contributed by atoms with van der Waals surface area (Å²) in [6.07, 6.45) is 5.01. The zero-order valence-electron chi connectivity index (χ0n) is 9.77. The summed E-state index contributed by atoms with van der Waals surface area (Å²) in [6, 6.07) is 2.08. The first-order valence-corrected chi connectivity index (χ1v) is 6.67. The van der Waals surface area contributed by atoms with Gasteiger partial charge in [0, 0.05) is 11.6 Å². The topological polar surface area (TPSA) is 65.8 Å². The van der Waals surface area contributed by atoms with Crippen molar-refractivity contribution in [1.29, 1.82) is 5.26 Å². The van der Waals surface area contributed by atoms with E-state index in [-0.39, 0.29) is 11.9 Å². The minimum Gasteiger partial charge on any atom is -0.346 e. The maximum absolute atomic E-state index is 12.1. The van der Waals surface area contributed by atoms with Crippen molar-refractivity contribution in [3.63, 3.8) is 0 Å². The number of carbonyl (C=O) groups excluding carboxylic acids is 1. The van der Waals surface area contributed by atoms with Gasteiger partial charge in [-0.05, 0) is 19.8 Å². The Balaban J connectivity index is 2.04. The molecular weight excluding hydrogens is 234 g/mol. The molecule has 1 saturated carbocycles. The fraction of sp³-hybridized carbons (Fsp3) is 0.583. The van der Waals surface area contributed by atoms with Gasteiger partial charge < -0.3 is 5.32 Å². The lowest BCUT2D eigenvalue weighted by Crippen LogP contribution is -2.39. The van der Waals surface area contributed by atoms with Crippen LogP contribution in [-0.4, -0.2) is 10.9 Å². The highest BCUT2D eigenvalue weighted by Crippen LogP contribution is 2.38. The molecule has 4 nitrogen and oxygen atoms in total. The van der Waals surface area contributed by atoms with E-state index in [2.05, 4.69) is 16.4 Å². The second kappa shape index (κ2) is 4.84. The molecule has 1 aliphatic rings. The maximum atomic E-state index is 12.1. The van der Waals surface area contributed by atoms with Crippen LogP contribution in [0.3, 0.4) is 0 Å². The molecule has 1 heterocycles. The van der Waals surface area contributed by atoms with E-state index in [1.807, 2.05) is 12.3 Å². The third kappa shape index (κ3) is 2.32. The van der Waals surface area contributed by atoms with E-state index in [1.54, 1.807) is 6.20 Å². The molecule has 1 aromatic heterocycles. The molecule has 0 aromatic carbocycles. The summed E-state index contributed by atoms with van der Waals surface area (Å²) < 4.78 is 0. The summed E-state index contributed by atoms with van der Waals surface area (Å²) >= 11 is 1.51. The molecule has 1 fully saturated rings. The zero-order chi connectivity index (χ0) is 12.3. The molecule has 0 aliphatic heterocycles. The van der Waals surface area contributed by atoms with Crippen LogP contribution in [0, 0.1) is 16.7 Å². The molecule has 90 valence electrons. The second-order valence-corrected chi connectivity index (χ2v) is 5.39. The van der Waals surface area contributed by atoms with Gasteiger partial charge in [0.25, 0.3) is 0 Å². The van der Waals surface area contributed by atoms with Crippen LogP contribution >= 0.6 is 11.3 Å². The van der Waals surface area contributed by atoms with Crippen LogP contribution < -0.4 is 5.32 Å². The molecule has 1 amide bonds. The largest absolute Gasteiger partial charge is 0.346 e. The standard InChI is InChI=1S/C12H15N3OS/c1-9(10-14-6-7-17-10)15-11(16)12(8-13)4-2-3-5-12/h6-7,9H,2-5H2,1H3,(H,15,16). The molecule has 0 bridgehead atoms. The highest BCUT2D eigenvalue weighted by atomic mass is 32.1. The van der Waals surface area contributed by atoms with E-state index >= 15 is 0 Å². The van der Waals surface area contributed by atoms with E-state index in [4.69, 9.17) is 0 Å². The first-order chi connectivity index (χ1) is 8.18. The van der Waals surface area contributed by atoms with Crippen LogP contribution in [0.2, 0.25) is 0 Å². The Hall–Kier alpha value is -1.41. The third-order valence-corrected chi connectivity index (χ3v) is 4.23. The van der Waals surface area contributed by atoms with Crippen LogP contribution in [0.5, 0.6) is 0 Å². The summed E-state index contributed by atoms with van der Waals surface area (Å²) in [5, 5.41) is 14.9. The van der Waals surface area contributed by atoms with Crippen LogP contribution in [0.15, 0.2) is 11.6 Å². The van der Waals surface area contributed by atoms with Crippen molar-refractivity contribution < 1.29 is 4.79 Å². The molecule has 0 saturated heterocycles. The fourth-order valence-electron chi connectivity index (χ4n) is 2.21. The van der Waals surface area contributed by atoms with Crippen molar-refractivity contribution in [3.8, 4) is 6.07 Å². The highest BCUT2D eigenvalue weighted by molar-refractivity contribution is 7.09. The van der Waals surface area contributed by atoms with Gasteiger partial charge in [0.15, 0.2) is 0 Å². The first kappa shape index (κ1) is 12.1. The molecule has 5 heteroatoms. The average molecular weight is 249 g/mol. The predicted molar refractivity (Wildman–Crippen MR) is 65.2 cm³/mol. The van der Waals surface area contributed by atoms with E-state index < -0.39 is 5.41 Å². The number of hydrogen-bond donors (Lipinski definition) is 1. The van der Waals surface area contributed by atoms with Gasteiger partial charge in [-0.1, -0.05) is 12.8 Å². The van der Waals surface area contributed by atoms with Crippen LogP contribution in [0.25, 0.3) is 0 Å². The SMILES string of the molecule is CC(NC(=O)C1(C#N)CCCC1)c1nccs1. The number of amides is 1. The molecule has 2 rings (SSSR count). The van der Waals surface area contributed by atoms with E-state index in [9.17, 15) is 10.1 Å². The third-order valence-electron chi connectivity index (χ3n) is 3.28. The number of thiazole rings is 1. The Labute approximate surface area is 105 Å². The van der Waals surface area contributed by atoms with Crippen molar-refractivity contribution in [1.82, 2.24) is 10.3 Å².